The van der Waals surface area contributed by atoms with Crippen LogP contribution in [-0.4, -0.2) is 5.11 Å². The minimum atomic E-state index is 0.327. The highest BCUT2D eigenvalue weighted by molar-refractivity contribution is 6.04. The van der Waals surface area contributed by atoms with Crippen molar-refractivity contribution in [1.82, 2.24) is 0 Å². The van der Waals surface area contributed by atoms with E-state index in [9.17, 15) is 5.11 Å². The summed E-state index contributed by atoms with van der Waals surface area (Å²) in [6, 6.07) is 22.7. The van der Waals surface area contributed by atoms with Gasteiger partial charge in [-0.25, -0.2) is 4.42 Å². The molecule has 122 valence electrons. The van der Waals surface area contributed by atoms with Gasteiger partial charge in [0.1, 0.15) is 5.75 Å². The van der Waals surface area contributed by atoms with Gasteiger partial charge in [0.2, 0.25) is 0 Å². The highest BCUT2D eigenvalue weighted by Crippen LogP contribution is 2.36. The minimum Gasteiger partial charge on any atom is -0.508 e. The second-order valence-corrected chi connectivity index (χ2v) is 6.93. The lowest BCUT2D eigenvalue weighted by Gasteiger charge is -2.20. The van der Waals surface area contributed by atoms with Crippen molar-refractivity contribution >= 4 is 21.7 Å². The topological polar surface area (TPSA) is 31.5 Å². The van der Waals surface area contributed by atoms with Crippen molar-refractivity contribution in [3.63, 3.8) is 0 Å². The zero-order valence-electron chi connectivity index (χ0n) is 13.9. The van der Waals surface area contributed by atoms with E-state index >= 15 is 0 Å². The Labute approximate surface area is 146 Å². The Balaban J connectivity index is 1.59. The van der Waals surface area contributed by atoms with Gasteiger partial charge in [-0.2, -0.15) is 0 Å². The summed E-state index contributed by atoms with van der Waals surface area (Å²) in [5.41, 5.74) is 3.61. The largest absolute Gasteiger partial charge is 0.508 e. The average molecular weight is 327 g/mol. The molecule has 0 bridgehead atoms. The van der Waals surface area contributed by atoms with E-state index in [0.717, 1.165) is 30.6 Å². The van der Waals surface area contributed by atoms with E-state index in [2.05, 4.69) is 42.5 Å². The van der Waals surface area contributed by atoms with Crippen LogP contribution in [0.2, 0.25) is 0 Å². The second-order valence-electron chi connectivity index (χ2n) is 6.93. The van der Waals surface area contributed by atoms with E-state index in [-0.39, 0.29) is 0 Å². The molecule has 3 aromatic carbocycles. The van der Waals surface area contributed by atoms with Crippen LogP contribution in [0.25, 0.3) is 21.7 Å². The van der Waals surface area contributed by atoms with Gasteiger partial charge in [-0.3, -0.25) is 0 Å². The number of phenolic OH excluding ortho intramolecular Hbond substituents is 1. The van der Waals surface area contributed by atoms with Gasteiger partial charge in [-0.1, -0.05) is 36.4 Å². The van der Waals surface area contributed by atoms with Crippen LogP contribution >= 0.6 is 0 Å². The molecule has 1 aromatic heterocycles. The van der Waals surface area contributed by atoms with Gasteiger partial charge < -0.3 is 5.11 Å². The Morgan fingerprint density at radius 3 is 2.56 bits per heavy atom. The zero-order valence-corrected chi connectivity index (χ0v) is 13.9. The van der Waals surface area contributed by atoms with E-state index in [4.69, 9.17) is 4.42 Å². The van der Waals surface area contributed by atoms with Gasteiger partial charge in [0.25, 0.3) is 0 Å². The summed E-state index contributed by atoms with van der Waals surface area (Å²) in [5.74, 6) is 1.94. The number of aryl methyl sites for hydroxylation is 1. The van der Waals surface area contributed by atoms with Gasteiger partial charge in [0.05, 0.1) is 22.8 Å². The summed E-state index contributed by atoms with van der Waals surface area (Å²) in [6.45, 7) is 0. The first-order valence-corrected chi connectivity index (χ1v) is 8.83. The van der Waals surface area contributed by atoms with Crippen LogP contribution in [0.5, 0.6) is 5.75 Å². The first-order chi connectivity index (χ1) is 12.3. The fourth-order valence-corrected chi connectivity index (χ4v) is 4.03. The molecule has 1 atom stereocenters. The normalized spacial score (nSPS) is 16.9. The number of hydrogen-bond acceptors (Lipinski definition) is 1. The maximum Gasteiger partial charge on any atom is 0.367 e. The molecule has 0 aliphatic heterocycles. The molecule has 0 amide bonds. The smallest absolute Gasteiger partial charge is 0.367 e. The van der Waals surface area contributed by atoms with Crippen molar-refractivity contribution in [1.29, 1.82) is 0 Å². The van der Waals surface area contributed by atoms with Crippen LogP contribution in [0.4, 0.5) is 0 Å². The predicted octanol–water partition coefficient (Wildman–Crippen LogP) is 5.85. The van der Waals surface area contributed by atoms with E-state index in [1.165, 1.54) is 27.3 Å². The first-order valence-electron chi connectivity index (χ1n) is 8.83. The molecule has 0 radical (unpaired) electrons. The molecular weight excluding hydrogens is 308 g/mol. The van der Waals surface area contributed by atoms with Crippen LogP contribution in [0.1, 0.15) is 29.2 Å². The maximum absolute atomic E-state index is 9.50. The summed E-state index contributed by atoms with van der Waals surface area (Å²) in [7, 11) is 0. The average Bonchev–Trinajstić information content (AvgIpc) is 2.66. The molecule has 1 aliphatic carbocycles. The first kappa shape index (κ1) is 14.5. The number of hydrogen-bond donors (Lipinski definition) is 1. The summed E-state index contributed by atoms with van der Waals surface area (Å²) in [5, 5.41) is 13.1. The lowest BCUT2D eigenvalue weighted by molar-refractivity contribution is 0.461. The van der Waals surface area contributed by atoms with Gasteiger partial charge in [0, 0.05) is 0 Å². The molecule has 0 spiro atoms. The van der Waals surface area contributed by atoms with Crippen LogP contribution in [-0.2, 0) is 12.8 Å². The SMILES string of the molecule is Oc1ccc(C2CCc3[o+]c4c(ccc5ccccc54)cc3C2)cc1. The molecule has 25 heavy (non-hydrogen) atoms. The molecule has 0 saturated carbocycles. The monoisotopic (exact) mass is 327 g/mol. The van der Waals surface area contributed by atoms with Gasteiger partial charge in [0.15, 0.2) is 0 Å². The fraction of sp³-hybridized carbons (Fsp3) is 0.174. The lowest BCUT2D eigenvalue weighted by atomic mass is 9.82. The molecule has 1 aliphatic rings. The van der Waals surface area contributed by atoms with Gasteiger partial charge >= 0.3 is 11.3 Å². The lowest BCUT2D eigenvalue weighted by Crippen LogP contribution is -2.12. The predicted molar refractivity (Wildman–Crippen MR) is 101 cm³/mol. The Morgan fingerprint density at radius 2 is 1.68 bits per heavy atom. The summed E-state index contributed by atoms with van der Waals surface area (Å²) >= 11 is 0. The van der Waals surface area contributed by atoms with Crippen LogP contribution < -0.4 is 0 Å². The summed E-state index contributed by atoms with van der Waals surface area (Å²) in [4.78, 5) is 0. The highest BCUT2D eigenvalue weighted by Gasteiger charge is 2.29. The van der Waals surface area contributed by atoms with Gasteiger partial charge in [-0.05, 0) is 60.0 Å². The van der Waals surface area contributed by atoms with E-state index in [1.54, 1.807) is 12.1 Å². The molecule has 0 fully saturated rings. The van der Waals surface area contributed by atoms with Crippen molar-refractivity contribution in [2.24, 2.45) is 0 Å². The van der Waals surface area contributed by atoms with Crippen LogP contribution in [0.3, 0.4) is 0 Å². The third-order valence-electron chi connectivity index (χ3n) is 5.37. The molecule has 4 aromatic rings. The quantitative estimate of drug-likeness (QED) is 0.351. The Hall–Kier alpha value is -2.87. The maximum atomic E-state index is 9.50. The Kier molecular flexibility index (Phi) is 3.24. The number of benzene rings is 3. The Morgan fingerprint density at radius 1 is 0.880 bits per heavy atom. The molecule has 1 unspecified atom stereocenters. The van der Waals surface area contributed by atoms with Crippen molar-refractivity contribution in [2.45, 2.75) is 25.2 Å². The van der Waals surface area contributed by atoms with E-state index < -0.39 is 0 Å². The molecule has 1 heterocycles. The van der Waals surface area contributed by atoms with Crippen molar-refractivity contribution in [2.75, 3.05) is 0 Å². The number of fused-ring (bicyclic) bond motifs is 4. The number of aromatic hydroxyl groups is 1. The standard InChI is InChI=1S/C23H18O2/c24-20-10-7-15(8-11-20)17-9-12-22-19(13-17)14-18-6-5-16-3-1-2-4-21(16)23(18)25-22/h1-8,10-11,14,17H,9,12-13H2/p+1. The van der Waals surface area contributed by atoms with Crippen molar-refractivity contribution in [3.8, 4) is 5.75 Å². The molecule has 0 saturated heterocycles. The minimum absolute atomic E-state index is 0.327. The zero-order chi connectivity index (χ0) is 16.8. The van der Waals surface area contributed by atoms with Gasteiger partial charge in [-0.15, -0.1) is 0 Å². The summed E-state index contributed by atoms with van der Waals surface area (Å²) < 4.78 is 6.36. The fourth-order valence-electron chi connectivity index (χ4n) is 4.03. The highest BCUT2D eigenvalue weighted by atomic mass is 16.3. The molecule has 2 heteroatoms. The Bertz CT molecular complexity index is 1080. The second kappa shape index (κ2) is 5.59. The molecular formula is C23H19O2+. The van der Waals surface area contributed by atoms with Crippen LogP contribution in [0.15, 0.2) is 71.1 Å². The number of phenols is 1. The molecule has 2 nitrogen and oxygen atoms in total. The molecule has 1 N–H and O–H groups in total. The van der Waals surface area contributed by atoms with Crippen molar-refractivity contribution < 1.29 is 9.52 Å². The van der Waals surface area contributed by atoms with E-state index in [1.807, 2.05) is 12.1 Å². The summed E-state index contributed by atoms with van der Waals surface area (Å²) in [6.07, 6.45) is 3.03. The van der Waals surface area contributed by atoms with E-state index in [0.29, 0.717) is 11.7 Å². The molecule has 5 rings (SSSR count). The van der Waals surface area contributed by atoms with Crippen molar-refractivity contribution in [3.05, 3.63) is 83.6 Å². The number of rotatable bonds is 1. The third-order valence-corrected chi connectivity index (χ3v) is 5.37. The van der Waals surface area contributed by atoms with Crippen LogP contribution in [0, 0.1) is 0 Å². The third kappa shape index (κ3) is 2.45.